The lowest BCUT2D eigenvalue weighted by atomic mass is 10.0. The molecule has 4 rings (SSSR count). The molecule has 162 valence electrons. The van der Waals surface area contributed by atoms with Gasteiger partial charge in [0.2, 0.25) is 11.7 Å². The zero-order chi connectivity index (χ0) is 21.6. The first-order valence-electron chi connectivity index (χ1n) is 10.8. The van der Waals surface area contributed by atoms with Gasteiger partial charge in [0, 0.05) is 22.7 Å². The predicted octanol–water partition coefficient (Wildman–Crippen LogP) is 5.94. The van der Waals surface area contributed by atoms with Crippen LogP contribution in [-0.4, -0.2) is 34.1 Å². The van der Waals surface area contributed by atoms with Gasteiger partial charge in [0.05, 0.1) is 6.61 Å². The Morgan fingerprint density at radius 2 is 2.06 bits per heavy atom. The molecular formula is C24H26ClN3O3. The molecule has 1 amide bonds. The number of amides is 1. The van der Waals surface area contributed by atoms with Gasteiger partial charge >= 0.3 is 0 Å². The highest BCUT2D eigenvalue weighted by Gasteiger charge is 2.32. The van der Waals surface area contributed by atoms with E-state index in [9.17, 15) is 4.79 Å². The smallest absolute Gasteiger partial charge is 0.254 e. The number of ether oxygens (including phenoxy) is 1. The second-order valence-corrected chi connectivity index (χ2v) is 8.14. The van der Waals surface area contributed by atoms with Gasteiger partial charge in [0.15, 0.2) is 0 Å². The van der Waals surface area contributed by atoms with Crippen molar-refractivity contribution in [3.63, 3.8) is 0 Å². The van der Waals surface area contributed by atoms with Crippen molar-refractivity contribution >= 4 is 17.5 Å². The normalized spacial score (nSPS) is 16.3. The molecule has 31 heavy (non-hydrogen) atoms. The second kappa shape index (κ2) is 9.96. The highest BCUT2D eigenvalue weighted by molar-refractivity contribution is 6.30. The molecule has 7 heteroatoms. The van der Waals surface area contributed by atoms with E-state index in [1.54, 1.807) is 12.1 Å². The topological polar surface area (TPSA) is 68.5 Å². The Labute approximate surface area is 187 Å². The monoisotopic (exact) mass is 439 g/mol. The van der Waals surface area contributed by atoms with Crippen LogP contribution < -0.4 is 4.74 Å². The number of aromatic nitrogens is 2. The Kier molecular flexibility index (Phi) is 6.87. The molecule has 1 aliphatic heterocycles. The van der Waals surface area contributed by atoms with Gasteiger partial charge in [-0.05, 0) is 62.1 Å². The van der Waals surface area contributed by atoms with Crippen molar-refractivity contribution in [3.8, 4) is 17.1 Å². The van der Waals surface area contributed by atoms with Gasteiger partial charge in [-0.1, -0.05) is 42.2 Å². The van der Waals surface area contributed by atoms with Crippen molar-refractivity contribution in [2.45, 2.75) is 45.1 Å². The van der Waals surface area contributed by atoms with Crippen molar-refractivity contribution in [3.05, 3.63) is 65.0 Å². The van der Waals surface area contributed by atoms with Crippen LogP contribution in [0.25, 0.3) is 11.4 Å². The van der Waals surface area contributed by atoms with Crippen LogP contribution in [0.2, 0.25) is 5.02 Å². The number of benzene rings is 2. The second-order valence-electron chi connectivity index (χ2n) is 7.70. The number of piperidine rings is 1. The Hall–Kier alpha value is -2.86. The van der Waals surface area contributed by atoms with E-state index in [4.69, 9.17) is 20.9 Å². The molecule has 1 unspecified atom stereocenters. The summed E-state index contributed by atoms with van der Waals surface area (Å²) in [5.41, 5.74) is 1.42. The maximum Gasteiger partial charge on any atom is 0.254 e. The molecule has 0 saturated carbocycles. The first kappa shape index (κ1) is 21.4. The largest absolute Gasteiger partial charge is 0.494 e. The van der Waals surface area contributed by atoms with Crippen molar-refractivity contribution < 1.29 is 14.1 Å². The summed E-state index contributed by atoms with van der Waals surface area (Å²) >= 11 is 6.08. The van der Waals surface area contributed by atoms with Gasteiger partial charge in [0.1, 0.15) is 11.8 Å². The highest BCUT2D eigenvalue weighted by atomic mass is 35.5. The molecule has 0 N–H and O–H groups in total. The van der Waals surface area contributed by atoms with Crippen LogP contribution in [0.1, 0.15) is 61.3 Å². The number of rotatable bonds is 7. The summed E-state index contributed by atoms with van der Waals surface area (Å²) < 4.78 is 11.3. The maximum atomic E-state index is 13.3. The van der Waals surface area contributed by atoms with Gasteiger partial charge in [-0.2, -0.15) is 4.98 Å². The molecule has 6 nitrogen and oxygen atoms in total. The number of likely N-dealkylation sites (tertiary alicyclic amines) is 1. The van der Waals surface area contributed by atoms with Crippen LogP contribution in [0.3, 0.4) is 0 Å². The van der Waals surface area contributed by atoms with Crippen molar-refractivity contribution in [2.24, 2.45) is 0 Å². The Bertz CT molecular complexity index is 1020. The summed E-state index contributed by atoms with van der Waals surface area (Å²) in [6.45, 7) is 3.47. The molecule has 1 aromatic heterocycles. The molecule has 3 aromatic rings. The molecule has 1 atom stereocenters. The van der Waals surface area contributed by atoms with E-state index in [0.717, 1.165) is 43.4 Å². The minimum atomic E-state index is -0.234. The fraction of sp³-hybridized carbons (Fsp3) is 0.375. The zero-order valence-electron chi connectivity index (χ0n) is 17.6. The van der Waals surface area contributed by atoms with Gasteiger partial charge < -0.3 is 14.2 Å². The Balaban J connectivity index is 1.50. The van der Waals surface area contributed by atoms with Crippen molar-refractivity contribution in [2.75, 3.05) is 13.2 Å². The molecule has 0 aliphatic carbocycles. The van der Waals surface area contributed by atoms with Crippen LogP contribution in [0.15, 0.2) is 53.1 Å². The third-order valence-electron chi connectivity index (χ3n) is 5.44. The highest BCUT2D eigenvalue weighted by Crippen LogP contribution is 2.33. The van der Waals surface area contributed by atoms with Crippen molar-refractivity contribution in [1.29, 1.82) is 0 Å². The Morgan fingerprint density at radius 1 is 1.23 bits per heavy atom. The van der Waals surface area contributed by atoms with Gasteiger partial charge in [0.25, 0.3) is 5.91 Å². The molecule has 2 heterocycles. The van der Waals surface area contributed by atoms with E-state index in [-0.39, 0.29) is 11.9 Å². The average molecular weight is 440 g/mol. The lowest BCUT2D eigenvalue weighted by Gasteiger charge is -2.33. The van der Waals surface area contributed by atoms with E-state index in [2.05, 4.69) is 17.1 Å². The SMILES string of the molecule is CCCCOc1ccc(C(=O)N2CCCCC2c2nc(-c3cccc(Cl)c3)no2)cc1. The van der Waals surface area contributed by atoms with Crippen LogP contribution in [0.4, 0.5) is 0 Å². The lowest BCUT2D eigenvalue weighted by Crippen LogP contribution is -2.38. The molecule has 0 spiro atoms. The van der Waals surface area contributed by atoms with Crippen LogP contribution >= 0.6 is 11.6 Å². The van der Waals surface area contributed by atoms with E-state index in [1.807, 2.05) is 41.3 Å². The average Bonchev–Trinajstić information content (AvgIpc) is 3.30. The fourth-order valence-electron chi connectivity index (χ4n) is 3.74. The molecule has 2 aromatic carbocycles. The van der Waals surface area contributed by atoms with E-state index in [1.165, 1.54) is 0 Å². The zero-order valence-corrected chi connectivity index (χ0v) is 18.3. The summed E-state index contributed by atoms with van der Waals surface area (Å²) in [6, 6.07) is 14.4. The van der Waals surface area contributed by atoms with Gasteiger partial charge in [-0.3, -0.25) is 4.79 Å². The predicted molar refractivity (Wildman–Crippen MR) is 119 cm³/mol. The molecule has 1 saturated heterocycles. The molecular weight excluding hydrogens is 414 g/mol. The number of carbonyl (C=O) groups excluding carboxylic acids is 1. The number of hydrogen-bond donors (Lipinski definition) is 0. The summed E-state index contributed by atoms with van der Waals surface area (Å²) in [6.07, 6.45) is 4.85. The summed E-state index contributed by atoms with van der Waals surface area (Å²) in [5, 5.41) is 4.73. The first-order chi connectivity index (χ1) is 15.2. The van der Waals surface area contributed by atoms with Crippen molar-refractivity contribution in [1.82, 2.24) is 15.0 Å². The summed E-state index contributed by atoms with van der Waals surface area (Å²) in [5.74, 6) is 1.68. The Morgan fingerprint density at radius 3 is 2.84 bits per heavy atom. The number of nitrogens with zero attached hydrogens (tertiary/aromatic N) is 3. The van der Waals surface area contributed by atoms with E-state index >= 15 is 0 Å². The van der Waals surface area contributed by atoms with Crippen LogP contribution in [-0.2, 0) is 0 Å². The standard InChI is InChI=1S/C24H26ClN3O3/c1-2-3-15-30-20-12-10-17(11-13-20)24(29)28-14-5-4-9-21(28)23-26-22(27-31-23)18-7-6-8-19(25)16-18/h6-8,10-13,16,21H,2-5,9,14-15H2,1H3. The fourth-order valence-corrected chi connectivity index (χ4v) is 3.93. The molecule has 1 aliphatic rings. The maximum absolute atomic E-state index is 13.3. The minimum absolute atomic E-state index is 0.0349. The van der Waals surface area contributed by atoms with Gasteiger partial charge in [-0.15, -0.1) is 0 Å². The van der Waals surface area contributed by atoms with E-state index < -0.39 is 0 Å². The summed E-state index contributed by atoms with van der Waals surface area (Å²) in [4.78, 5) is 19.7. The quantitative estimate of drug-likeness (QED) is 0.426. The van der Waals surface area contributed by atoms with Gasteiger partial charge in [-0.25, -0.2) is 0 Å². The third-order valence-corrected chi connectivity index (χ3v) is 5.68. The third kappa shape index (κ3) is 5.07. The van der Waals surface area contributed by atoms with Crippen LogP contribution in [0, 0.1) is 0 Å². The number of hydrogen-bond acceptors (Lipinski definition) is 5. The number of carbonyl (C=O) groups is 1. The van der Waals surface area contributed by atoms with Crippen LogP contribution in [0.5, 0.6) is 5.75 Å². The van der Waals surface area contributed by atoms with E-state index in [0.29, 0.717) is 35.5 Å². The molecule has 1 fully saturated rings. The molecule has 0 bridgehead atoms. The first-order valence-corrected chi connectivity index (χ1v) is 11.2. The lowest BCUT2D eigenvalue weighted by molar-refractivity contribution is 0.0561. The number of unbranched alkanes of at least 4 members (excludes halogenated alkanes) is 1. The number of halogens is 1. The summed E-state index contributed by atoms with van der Waals surface area (Å²) in [7, 11) is 0. The molecule has 0 radical (unpaired) electrons. The minimum Gasteiger partial charge on any atom is -0.494 e.